The lowest BCUT2D eigenvalue weighted by Crippen LogP contribution is -2.02. The Morgan fingerprint density at radius 2 is 2.06 bits per heavy atom. The minimum absolute atomic E-state index is 0.0708. The third-order valence-corrected chi connectivity index (χ3v) is 2.83. The van der Waals surface area contributed by atoms with Crippen LogP contribution < -0.4 is 0 Å². The van der Waals surface area contributed by atoms with Crippen LogP contribution in [0.3, 0.4) is 0 Å². The molecule has 0 aliphatic carbocycles. The lowest BCUT2D eigenvalue weighted by atomic mass is 10.0. The first-order valence-corrected chi connectivity index (χ1v) is 5.71. The van der Waals surface area contributed by atoms with Crippen LogP contribution in [-0.2, 0) is 4.79 Å². The van der Waals surface area contributed by atoms with E-state index in [1.54, 1.807) is 6.20 Å². The van der Waals surface area contributed by atoms with E-state index in [1.165, 1.54) is 0 Å². The van der Waals surface area contributed by atoms with E-state index >= 15 is 0 Å². The van der Waals surface area contributed by atoms with Crippen molar-refractivity contribution in [2.24, 2.45) is 5.16 Å². The Bertz CT molecular complexity index is 587. The van der Waals surface area contributed by atoms with Crippen LogP contribution in [0.2, 0.25) is 0 Å². The predicted octanol–water partition coefficient (Wildman–Crippen LogP) is 2.60. The molecule has 1 aromatic carbocycles. The largest absolute Gasteiger partial charge is 0.481 e. The Labute approximate surface area is 104 Å². The number of carbonyl (C=O) groups is 1. The zero-order valence-electron chi connectivity index (χ0n) is 9.76. The van der Waals surface area contributed by atoms with E-state index in [2.05, 4.69) is 10.1 Å². The molecule has 0 saturated heterocycles. The molecular weight excluding hydrogens is 232 g/mol. The van der Waals surface area contributed by atoms with Crippen molar-refractivity contribution in [2.45, 2.75) is 19.3 Å². The maximum Gasteiger partial charge on any atom is 0.303 e. The van der Waals surface area contributed by atoms with Gasteiger partial charge in [0.2, 0.25) is 0 Å². The second-order valence-electron chi connectivity index (χ2n) is 4.04. The highest BCUT2D eigenvalue weighted by atomic mass is 16.4. The summed E-state index contributed by atoms with van der Waals surface area (Å²) in [6.45, 7) is 0. The monoisotopic (exact) mass is 246 g/mol. The van der Waals surface area contributed by atoms with Crippen molar-refractivity contribution in [3.63, 3.8) is 0 Å². The molecule has 5 nitrogen and oxygen atoms in total. The highest BCUT2D eigenvalue weighted by molar-refractivity contribution is 6.10. The van der Waals surface area contributed by atoms with Gasteiger partial charge in [-0.05, 0) is 18.9 Å². The lowest BCUT2D eigenvalue weighted by Gasteiger charge is -2.02. The molecule has 1 heterocycles. The first kappa shape index (κ1) is 12.2. The normalized spacial score (nSPS) is 11.9. The van der Waals surface area contributed by atoms with Gasteiger partial charge in [0.25, 0.3) is 0 Å². The molecule has 0 aliphatic heterocycles. The molecule has 0 saturated carbocycles. The van der Waals surface area contributed by atoms with Gasteiger partial charge in [0.1, 0.15) is 0 Å². The van der Waals surface area contributed by atoms with E-state index in [9.17, 15) is 4.79 Å². The van der Waals surface area contributed by atoms with Crippen LogP contribution in [0.1, 0.15) is 24.8 Å². The molecule has 18 heavy (non-hydrogen) atoms. The van der Waals surface area contributed by atoms with Crippen LogP contribution >= 0.6 is 0 Å². The molecular formula is C13H14N2O3. The van der Waals surface area contributed by atoms with Gasteiger partial charge in [-0.1, -0.05) is 23.4 Å². The van der Waals surface area contributed by atoms with Crippen molar-refractivity contribution >= 4 is 22.6 Å². The second-order valence-corrected chi connectivity index (χ2v) is 4.04. The molecule has 5 heteroatoms. The first-order chi connectivity index (χ1) is 8.72. The van der Waals surface area contributed by atoms with Crippen LogP contribution in [0.5, 0.6) is 0 Å². The molecule has 0 spiro atoms. The summed E-state index contributed by atoms with van der Waals surface area (Å²) in [6.07, 6.45) is 2.74. The van der Waals surface area contributed by atoms with Crippen LogP contribution in [0.4, 0.5) is 0 Å². The minimum Gasteiger partial charge on any atom is -0.481 e. The number of para-hydroxylation sites is 1. The number of carboxylic acids is 1. The van der Waals surface area contributed by atoms with Gasteiger partial charge < -0.3 is 15.3 Å². The number of aromatic amines is 1. The standard InChI is InChI=1S/C13H14N2O3/c16-13(17)7-3-6-12(15-18)10-8-14-11-5-2-1-4-9(10)11/h1-2,4-5,8,14,18H,3,6-7H2,(H,16,17)/b15-12+. The zero-order chi connectivity index (χ0) is 13.0. The minimum atomic E-state index is -0.841. The van der Waals surface area contributed by atoms with Gasteiger partial charge in [-0.2, -0.15) is 0 Å². The van der Waals surface area contributed by atoms with E-state index < -0.39 is 5.97 Å². The Morgan fingerprint density at radius 1 is 1.28 bits per heavy atom. The number of rotatable bonds is 5. The summed E-state index contributed by atoms with van der Waals surface area (Å²) in [5.74, 6) is -0.841. The van der Waals surface area contributed by atoms with Gasteiger partial charge in [-0.15, -0.1) is 0 Å². The second kappa shape index (κ2) is 5.35. The maximum atomic E-state index is 10.5. The number of nitrogens with zero attached hydrogens (tertiary/aromatic N) is 1. The number of nitrogens with one attached hydrogen (secondary N) is 1. The number of carboxylic acid groups (broad SMARTS) is 1. The molecule has 0 amide bonds. The quantitative estimate of drug-likeness (QED) is 0.430. The fourth-order valence-corrected chi connectivity index (χ4v) is 1.96. The average molecular weight is 246 g/mol. The Morgan fingerprint density at radius 3 is 2.78 bits per heavy atom. The van der Waals surface area contributed by atoms with E-state index in [4.69, 9.17) is 10.3 Å². The third-order valence-electron chi connectivity index (χ3n) is 2.83. The molecule has 0 atom stereocenters. The van der Waals surface area contributed by atoms with Crippen molar-refractivity contribution in [3.05, 3.63) is 36.0 Å². The van der Waals surface area contributed by atoms with Gasteiger partial charge in [0.15, 0.2) is 0 Å². The highest BCUT2D eigenvalue weighted by Crippen LogP contribution is 2.20. The van der Waals surface area contributed by atoms with E-state index in [1.807, 2.05) is 24.3 Å². The van der Waals surface area contributed by atoms with Crippen molar-refractivity contribution in [2.75, 3.05) is 0 Å². The molecule has 2 rings (SSSR count). The number of hydrogen-bond donors (Lipinski definition) is 3. The van der Waals surface area contributed by atoms with Gasteiger partial charge in [0.05, 0.1) is 5.71 Å². The van der Waals surface area contributed by atoms with E-state index in [-0.39, 0.29) is 6.42 Å². The number of aliphatic carboxylic acids is 1. The summed E-state index contributed by atoms with van der Waals surface area (Å²) in [5.41, 5.74) is 2.29. The van der Waals surface area contributed by atoms with Gasteiger partial charge >= 0.3 is 5.97 Å². The van der Waals surface area contributed by atoms with E-state index in [0.717, 1.165) is 16.5 Å². The van der Waals surface area contributed by atoms with Crippen LogP contribution in [0, 0.1) is 0 Å². The molecule has 0 fully saturated rings. The maximum absolute atomic E-state index is 10.5. The van der Waals surface area contributed by atoms with Crippen LogP contribution in [0.25, 0.3) is 10.9 Å². The smallest absolute Gasteiger partial charge is 0.303 e. The zero-order valence-corrected chi connectivity index (χ0v) is 9.76. The van der Waals surface area contributed by atoms with Gasteiger partial charge in [-0.25, -0.2) is 0 Å². The fraction of sp³-hybridized carbons (Fsp3) is 0.231. The van der Waals surface area contributed by atoms with Crippen molar-refractivity contribution in [1.29, 1.82) is 0 Å². The first-order valence-electron chi connectivity index (χ1n) is 5.71. The summed E-state index contributed by atoms with van der Waals surface area (Å²) in [4.78, 5) is 13.6. The Hall–Kier alpha value is -2.30. The summed E-state index contributed by atoms with van der Waals surface area (Å²) in [7, 11) is 0. The van der Waals surface area contributed by atoms with Crippen molar-refractivity contribution < 1.29 is 15.1 Å². The molecule has 1 aromatic heterocycles. The molecule has 0 radical (unpaired) electrons. The number of aromatic nitrogens is 1. The topological polar surface area (TPSA) is 85.7 Å². The summed E-state index contributed by atoms with van der Waals surface area (Å²) >= 11 is 0. The van der Waals surface area contributed by atoms with Crippen LogP contribution in [-0.4, -0.2) is 27.0 Å². The SMILES string of the molecule is O=C(O)CCC/C(=N\O)c1c[nH]c2ccccc12. The highest BCUT2D eigenvalue weighted by Gasteiger charge is 2.11. The van der Waals surface area contributed by atoms with Crippen molar-refractivity contribution in [1.82, 2.24) is 4.98 Å². The Balaban J connectivity index is 2.20. The number of fused-ring (bicyclic) bond motifs is 1. The fourth-order valence-electron chi connectivity index (χ4n) is 1.96. The summed E-state index contributed by atoms with van der Waals surface area (Å²) in [5, 5.41) is 21.9. The van der Waals surface area contributed by atoms with Gasteiger partial charge in [0, 0.05) is 29.1 Å². The van der Waals surface area contributed by atoms with Crippen LogP contribution in [0.15, 0.2) is 35.6 Å². The molecule has 0 unspecified atom stereocenters. The van der Waals surface area contributed by atoms with Gasteiger partial charge in [-0.3, -0.25) is 4.79 Å². The number of oxime groups is 1. The van der Waals surface area contributed by atoms with E-state index in [0.29, 0.717) is 18.6 Å². The third kappa shape index (κ3) is 2.51. The predicted molar refractivity (Wildman–Crippen MR) is 68.1 cm³/mol. The average Bonchev–Trinajstić information content (AvgIpc) is 2.78. The lowest BCUT2D eigenvalue weighted by molar-refractivity contribution is -0.137. The molecule has 2 aromatic rings. The van der Waals surface area contributed by atoms with Crippen molar-refractivity contribution in [3.8, 4) is 0 Å². The molecule has 0 aliphatic rings. The number of benzene rings is 1. The number of H-pyrrole nitrogens is 1. The molecule has 0 bridgehead atoms. The molecule has 94 valence electrons. The summed E-state index contributed by atoms with van der Waals surface area (Å²) < 4.78 is 0. The summed E-state index contributed by atoms with van der Waals surface area (Å²) in [6, 6.07) is 7.70. The number of hydrogen-bond acceptors (Lipinski definition) is 3. The molecule has 3 N–H and O–H groups in total. The Kier molecular flexibility index (Phi) is 3.62.